The summed E-state index contributed by atoms with van der Waals surface area (Å²) >= 11 is 0. The van der Waals surface area contributed by atoms with Crippen molar-refractivity contribution in [3.8, 4) is 5.75 Å². The lowest BCUT2D eigenvalue weighted by Gasteiger charge is -2.26. The van der Waals surface area contributed by atoms with E-state index < -0.39 is 97.2 Å². The molecule has 5 atom stereocenters. The highest BCUT2D eigenvalue weighted by atomic mass is 16.4. The molecule has 0 saturated carbocycles. The molecule has 22 nitrogen and oxygen atoms in total. The van der Waals surface area contributed by atoms with Crippen LogP contribution >= 0.6 is 0 Å². The maximum Gasteiger partial charge on any atom is 0.326 e. The van der Waals surface area contributed by atoms with Crippen LogP contribution < -0.4 is 43.4 Å². The third kappa shape index (κ3) is 14.6. The Balaban J connectivity index is 2.05. The van der Waals surface area contributed by atoms with Crippen molar-refractivity contribution in [3.05, 3.63) is 29.8 Å². The molecule has 0 aliphatic carbocycles. The molecular weight excluding hydrogens is 704 g/mol. The largest absolute Gasteiger partial charge is 0.508 e. The number of aliphatic hydroxyl groups excluding tert-OH is 1. The molecule has 0 spiro atoms. The number of guanidine groups is 1. The van der Waals surface area contributed by atoms with Gasteiger partial charge in [-0.1, -0.05) is 12.1 Å². The number of benzene rings is 1. The quantitative estimate of drug-likeness (QED) is 0.0317. The zero-order valence-electron chi connectivity index (χ0n) is 28.6. The number of carbonyl (C=O) groups is 8. The minimum Gasteiger partial charge on any atom is -0.508 e. The van der Waals surface area contributed by atoms with Crippen LogP contribution in [-0.2, 0) is 44.8 Å². The number of hydrogen-bond acceptors (Lipinski definition) is 12. The SMILES string of the molecule is N=C(N)NCCC[C@H](NC(=O)CNC(=O)[C@H](CO)NC(=O)[C@H](CC(=O)O)NC(=O)[C@@H]1CCCN1C(=O)CN)C(=O)N[C@@H](Cc1ccc(O)cc1)C(=O)O. The smallest absolute Gasteiger partial charge is 0.326 e. The maximum atomic E-state index is 13.2. The molecule has 1 heterocycles. The number of nitrogens with one attached hydrogen (secondary N) is 7. The van der Waals surface area contributed by atoms with Gasteiger partial charge in [0.2, 0.25) is 35.4 Å². The number of aromatic hydroxyl groups is 1. The van der Waals surface area contributed by atoms with Crippen LogP contribution in [-0.4, -0.2) is 142 Å². The van der Waals surface area contributed by atoms with E-state index in [4.69, 9.17) is 16.9 Å². The number of hydrogen-bond donors (Lipinski definition) is 13. The molecule has 2 rings (SSSR count). The molecule has 6 amide bonds. The Bertz CT molecular complexity index is 1510. The number of nitrogens with zero attached hydrogens (tertiary/aromatic N) is 1. The Labute approximate surface area is 302 Å². The Kier molecular flexibility index (Phi) is 17.4. The maximum absolute atomic E-state index is 13.2. The van der Waals surface area contributed by atoms with Gasteiger partial charge in [0.25, 0.3) is 0 Å². The van der Waals surface area contributed by atoms with Crippen molar-refractivity contribution in [1.82, 2.24) is 36.8 Å². The lowest BCUT2D eigenvalue weighted by atomic mass is 10.0. The fourth-order valence-electron chi connectivity index (χ4n) is 5.25. The Hall–Kier alpha value is -6.03. The van der Waals surface area contributed by atoms with E-state index in [1.54, 1.807) is 0 Å². The van der Waals surface area contributed by atoms with Gasteiger partial charge in [-0.25, -0.2) is 4.79 Å². The first-order valence-corrected chi connectivity index (χ1v) is 16.4. The number of nitrogens with two attached hydrogens (primary N) is 2. The number of likely N-dealkylation sites (tertiary alicyclic amines) is 1. The Morgan fingerprint density at radius 3 is 2.09 bits per heavy atom. The molecule has 1 saturated heterocycles. The van der Waals surface area contributed by atoms with Crippen LogP contribution in [0.15, 0.2) is 24.3 Å². The highest BCUT2D eigenvalue weighted by molar-refractivity contribution is 5.97. The van der Waals surface area contributed by atoms with Gasteiger partial charge in [0.15, 0.2) is 5.96 Å². The fraction of sp³-hybridized carbons (Fsp3) is 0.516. The summed E-state index contributed by atoms with van der Waals surface area (Å²) in [5, 5.41) is 59.4. The molecule has 0 radical (unpaired) electrons. The number of carboxylic acids is 2. The van der Waals surface area contributed by atoms with E-state index in [-0.39, 0.29) is 57.0 Å². The summed E-state index contributed by atoms with van der Waals surface area (Å²) in [5.74, 6) is -8.69. The summed E-state index contributed by atoms with van der Waals surface area (Å²) in [6.45, 7) is -1.82. The molecule has 1 aromatic rings. The summed E-state index contributed by atoms with van der Waals surface area (Å²) in [6.07, 6.45) is -0.271. The average Bonchev–Trinajstić information content (AvgIpc) is 3.60. The number of carbonyl (C=O) groups excluding carboxylic acids is 6. The normalized spacial score (nSPS) is 15.8. The number of aliphatic carboxylic acids is 2. The molecule has 1 aliphatic rings. The first kappa shape index (κ1) is 43.1. The summed E-state index contributed by atoms with van der Waals surface area (Å²) in [4.78, 5) is 101. The van der Waals surface area contributed by atoms with E-state index >= 15 is 0 Å². The molecule has 0 unspecified atom stereocenters. The third-order valence-corrected chi connectivity index (χ3v) is 7.93. The second kappa shape index (κ2) is 21.4. The van der Waals surface area contributed by atoms with Crippen LogP contribution in [0.2, 0.25) is 0 Å². The topological polar surface area (TPSA) is 369 Å². The van der Waals surface area contributed by atoms with Gasteiger partial charge in [-0.15, -0.1) is 0 Å². The van der Waals surface area contributed by atoms with Crippen molar-refractivity contribution in [2.75, 3.05) is 32.8 Å². The molecule has 1 aromatic carbocycles. The lowest BCUT2D eigenvalue weighted by Crippen LogP contribution is -2.58. The van der Waals surface area contributed by atoms with Gasteiger partial charge >= 0.3 is 11.9 Å². The van der Waals surface area contributed by atoms with Gasteiger partial charge < -0.3 is 68.7 Å². The summed E-state index contributed by atoms with van der Waals surface area (Å²) in [7, 11) is 0. The second-order valence-electron chi connectivity index (χ2n) is 11.9. The fourth-order valence-corrected chi connectivity index (χ4v) is 5.25. The molecule has 0 aromatic heterocycles. The number of carboxylic acid groups (broad SMARTS) is 2. The predicted octanol–water partition coefficient (Wildman–Crippen LogP) is -5.25. The van der Waals surface area contributed by atoms with Crippen molar-refractivity contribution < 1.29 is 58.8 Å². The molecule has 22 heteroatoms. The van der Waals surface area contributed by atoms with Crippen molar-refractivity contribution in [1.29, 1.82) is 5.41 Å². The van der Waals surface area contributed by atoms with Crippen molar-refractivity contribution >= 4 is 53.3 Å². The summed E-state index contributed by atoms with van der Waals surface area (Å²) in [5.41, 5.74) is 11.1. The summed E-state index contributed by atoms with van der Waals surface area (Å²) < 4.78 is 0. The zero-order chi connectivity index (χ0) is 39.7. The highest BCUT2D eigenvalue weighted by Gasteiger charge is 2.36. The molecule has 0 bridgehead atoms. The summed E-state index contributed by atoms with van der Waals surface area (Å²) in [6, 6.07) is -1.60. The first-order valence-electron chi connectivity index (χ1n) is 16.4. The number of rotatable bonds is 21. The third-order valence-electron chi connectivity index (χ3n) is 7.93. The molecule has 1 aliphatic heterocycles. The van der Waals surface area contributed by atoms with Crippen molar-refractivity contribution in [2.24, 2.45) is 11.5 Å². The molecular formula is C31H46N10O12. The minimum absolute atomic E-state index is 0.0491. The first-order chi connectivity index (χ1) is 25.1. The van der Waals surface area contributed by atoms with Crippen LogP contribution in [0.5, 0.6) is 5.75 Å². The monoisotopic (exact) mass is 750 g/mol. The van der Waals surface area contributed by atoms with E-state index in [2.05, 4.69) is 31.9 Å². The molecule has 1 fully saturated rings. The van der Waals surface area contributed by atoms with Gasteiger partial charge in [-0.3, -0.25) is 39.0 Å². The molecule has 292 valence electrons. The predicted molar refractivity (Wildman–Crippen MR) is 182 cm³/mol. The Morgan fingerprint density at radius 1 is 0.868 bits per heavy atom. The van der Waals surface area contributed by atoms with Gasteiger partial charge in [0, 0.05) is 19.5 Å². The van der Waals surface area contributed by atoms with Gasteiger partial charge in [0.05, 0.1) is 26.1 Å². The molecule has 53 heavy (non-hydrogen) atoms. The highest BCUT2D eigenvalue weighted by Crippen LogP contribution is 2.18. The van der Waals surface area contributed by atoms with E-state index in [1.807, 2.05) is 0 Å². The van der Waals surface area contributed by atoms with Crippen molar-refractivity contribution in [3.63, 3.8) is 0 Å². The Morgan fingerprint density at radius 2 is 1.51 bits per heavy atom. The van der Waals surface area contributed by atoms with Gasteiger partial charge in [0.1, 0.15) is 36.0 Å². The van der Waals surface area contributed by atoms with E-state index in [0.29, 0.717) is 12.0 Å². The van der Waals surface area contributed by atoms with Crippen LogP contribution in [0.25, 0.3) is 0 Å². The van der Waals surface area contributed by atoms with Gasteiger partial charge in [-0.05, 0) is 43.4 Å². The number of phenols is 1. The van der Waals surface area contributed by atoms with Gasteiger partial charge in [-0.2, -0.15) is 0 Å². The molecule has 15 N–H and O–H groups in total. The number of aliphatic hydroxyl groups is 1. The zero-order valence-corrected chi connectivity index (χ0v) is 28.6. The van der Waals surface area contributed by atoms with Crippen LogP contribution in [0, 0.1) is 5.41 Å². The number of amides is 6. The second-order valence-corrected chi connectivity index (χ2v) is 11.9. The minimum atomic E-state index is -1.72. The van der Waals surface area contributed by atoms with Crippen LogP contribution in [0.1, 0.15) is 37.7 Å². The van der Waals surface area contributed by atoms with E-state index in [0.717, 1.165) is 0 Å². The number of phenolic OH excluding ortho intramolecular Hbond substituents is 1. The van der Waals surface area contributed by atoms with E-state index in [1.165, 1.54) is 29.2 Å². The van der Waals surface area contributed by atoms with E-state index in [9.17, 15) is 58.8 Å². The van der Waals surface area contributed by atoms with Crippen LogP contribution in [0.3, 0.4) is 0 Å². The standard InChI is InChI=1S/C31H46N10O12/c32-13-24(45)41-10-2-4-22(41)29(51)38-19(12-25(46)47)28(50)40-21(15-42)26(48)36-14-23(44)37-18(3-1-9-35-31(33)34)27(49)39-20(30(52)53)11-16-5-7-17(43)8-6-16/h5-8,18-22,42-43H,1-4,9-15,32H2,(H,36,48)(H,37,44)(H,38,51)(H,39,49)(H,40,50)(H,46,47)(H,52,53)(H4,33,34,35)/t18-,19-,20-,21-,22-/m0/s1. The lowest BCUT2D eigenvalue weighted by molar-refractivity contribution is -0.143. The van der Waals surface area contributed by atoms with Crippen molar-refractivity contribution in [2.45, 2.75) is 68.7 Å². The van der Waals surface area contributed by atoms with Crippen LogP contribution in [0.4, 0.5) is 0 Å². The average molecular weight is 751 g/mol.